The number of anilines is 2. The van der Waals surface area contributed by atoms with E-state index in [9.17, 15) is 8.42 Å². The first-order valence-electron chi connectivity index (χ1n) is 6.14. The highest BCUT2D eigenvalue weighted by atomic mass is 32.2. The molecule has 2 heterocycles. The van der Waals surface area contributed by atoms with E-state index in [-0.39, 0.29) is 5.75 Å². The van der Waals surface area contributed by atoms with Crippen molar-refractivity contribution in [2.24, 2.45) is 5.14 Å². The molecule has 4 N–H and O–H groups in total. The van der Waals surface area contributed by atoms with Gasteiger partial charge in [-0.25, -0.2) is 18.5 Å². The summed E-state index contributed by atoms with van der Waals surface area (Å²) < 4.78 is 23.3. The lowest BCUT2D eigenvalue weighted by molar-refractivity contribution is 0.595. The molecule has 0 radical (unpaired) electrons. The van der Waals surface area contributed by atoms with Crippen molar-refractivity contribution in [3.8, 4) is 5.95 Å². The van der Waals surface area contributed by atoms with Gasteiger partial charge in [-0.05, 0) is 6.42 Å². The zero-order valence-corrected chi connectivity index (χ0v) is 12.2. The highest BCUT2D eigenvalue weighted by Gasteiger charge is 2.07. The summed E-state index contributed by atoms with van der Waals surface area (Å²) in [6.45, 7) is 0.382. The Morgan fingerprint density at radius 3 is 2.67 bits per heavy atom. The molecule has 0 saturated heterocycles. The van der Waals surface area contributed by atoms with Crippen molar-refractivity contribution in [2.75, 3.05) is 30.0 Å². The lowest BCUT2D eigenvalue weighted by Gasteiger charge is -2.08. The van der Waals surface area contributed by atoms with E-state index in [0.717, 1.165) is 0 Å². The lowest BCUT2D eigenvalue weighted by Crippen LogP contribution is -2.19. The molecule has 2 aromatic rings. The fourth-order valence-corrected chi connectivity index (χ4v) is 2.07. The molecule has 0 aliphatic heterocycles. The highest BCUT2D eigenvalue weighted by molar-refractivity contribution is 7.89. The van der Waals surface area contributed by atoms with Gasteiger partial charge in [0.2, 0.25) is 27.9 Å². The molecule has 0 fully saturated rings. The highest BCUT2D eigenvalue weighted by Crippen LogP contribution is 2.08. The molecule has 0 aliphatic carbocycles. The Balaban J connectivity index is 2.07. The smallest absolute Gasteiger partial charge is 0.241 e. The average molecular weight is 312 g/mol. The van der Waals surface area contributed by atoms with Crippen molar-refractivity contribution in [3.63, 3.8) is 0 Å². The van der Waals surface area contributed by atoms with E-state index >= 15 is 0 Å². The molecule has 11 heteroatoms. The van der Waals surface area contributed by atoms with Gasteiger partial charge in [-0.2, -0.15) is 15.0 Å². The maximum atomic E-state index is 10.8. The topological polar surface area (TPSA) is 141 Å². The summed E-state index contributed by atoms with van der Waals surface area (Å²) in [5.41, 5.74) is 0. The van der Waals surface area contributed by atoms with Gasteiger partial charge in [0.15, 0.2) is 0 Å². The van der Waals surface area contributed by atoms with Gasteiger partial charge >= 0.3 is 0 Å². The molecular weight excluding hydrogens is 296 g/mol. The predicted molar refractivity (Wildman–Crippen MR) is 77.6 cm³/mol. The normalized spacial score (nSPS) is 11.3. The molecule has 10 nitrogen and oxygen atoms in total. The van der Waals surface area contributed by atoms with Crippen LogP contribution in [-0.4, -0.2) is 52.3 Å². The van der Waals surface area contributed by atoms with E-state index in [0.29, 0.717) is 30.8 Å². The molecule has 114 valence electrons. The quantitative estimate of drug-likeness (QED) is 0.564. The van der Waals surface area contributed by atoms with Crippen LogP contribution in [0.25, 0.3) is 5.95 Å². The Kier molecular flexibility index (Phi) is 4.65. The molecule has 0 aromatic carbocycles. The van der Waals surface area contributed by atoms with Gasteiger partial charge in [0.1, 0.15) is 6.33 Å². The number of hydrogen-bond acceptors (Lipinski definition) is 8. The molecule has 21 heavy (non-hydrogen) atoms. The third-order valence-electron chi connectivity index (χ3n) is 2.47. The minimum atomic E-state index is -3.45. The standard InChI is InChI=1S/C10H16N8O2S/c1-12-8-15-9(14-3-2-6-21(11,19)20)17-10(16-8)18-5-4-13-7-18/h4-5,7H,2-3,6H2,1H3,(H2,11,19,20)(H2,12,14,15,16,17). The third kappa shape index (κ3) is 4.65. The summed E-state index contributed by atoms with van der Waals surface area (Å²) in [6, 6.07) is 0. The molecular formula is C10H16N8O2S. The van der Waals surface area contributed by atoms with Crippen LogP contribution < -0.4 is 15.8 Å². The molecule has 2 aromatic heterocycles. The van der Waals surface area contributed by atoms with Crippen molar-refractivity contribution < 1.29 is 8.42 Å². The number of nitrogens with zero attached hydrogens (tertiary/aromatic N) is 5. The van der Waals surface area contributed by atoms with Crippen LogP contribution in [0.2, 0.25) is 0 Å². The Bertz CT molecular complexity index is 685. The van der Waals surface area contributed by atoms with Gasteiger partial charge in [0, 0.05) is 26.0 Å². The summed E-state index contributed by atoms with van der Waals surface area (Å²) in [6.07, 6.45) is 5.25. The summed E-state index contributed by atoms with van der Waals surface area (Å²) >= 11 is 0. The Hall–Kier alpha value is -2.27. The Morgan fingerprint density at radius 2 is 2.05 bits per heavy atom. The number of aromatic nitrogens is 5. The molecule has 0 atom stereocenters. The monoisotopic (exact) mass is 312 g/mol. The van der Waals surface area contributed by atoms with Crippen LogP contribution in [0.15, 0.2) is 18.7 Å². The second kappa shape index (κ2) is 6.45. The minimum Gasteiger partial charge on any atom is -0.357 e. The summed E-state index contributed by atoms with van der Waals surface area (Å²) in [7, 11) is -1.76. The van der Waals surface area contributed by atoms with Crippen LogP contribution in [0.5, 0.6) is 0 Å². The number of nitrogens with two attached hydrogens (primary N) is 1. The molecule has 0 aliphatic rings. The van der Waals surface area contributed by atoms with Crippen molar-refractivity contribution >= 4 is 21.9 Å². The fourth-order valence-electron chi connectivity index (χ4n) is 1.52. The fraction of sp³-hybridized carbons (Fsp3) is 0.400. The van der Waals surface area contributed by atoms with Gasteiger partial charge < -0.3 is 10.6 Å². The maximum Gasteiger partial charge on any atom is 0.241 e. The first-order chi connectivity index (χ1) is 9.98. The van der Waals surface area contributed by atoms with E-state index in [1.807, 2.05) is 0 Å². The summed E-state index contributed by atoms with van der Waals surface area (Å²) in [5, 5.41) is 10.7. The van der Waals surface area contributed by atoms with Crippen molar-refractivity contribution in [1.29, 1.82) is 0 Å². The van der Waals surface area contributed by atoms with Crippen LogP contribution in [-0.2, 0) is 10.0 Å². The van der Waals surface area contributed by atoms with Crippen LogP contribution in [0.4, 0.5) is 11.9 Å². The number of sulfonamides is 1. The van der Waals surface area contributed by atoms with Crippen molar-refractivity contribution in [2.45, 2.75) is 6.42 Å². The van der Waals surface area contributed by atoms with E-state index in [1.54, 1.807) is 30.3 Å². The second-order valence-corrected chi connectivity index (χ2v) is 5.88. The third-order valence-corrected chi connectivity index (χ3v) is 3.33. The van der Waals surface area contributed by atoms with E-state index in [4.69, 9.17) is 5.14 Å². The number of hydrogen-bond donors (Lipinski definition) is 3. The Morgan fingerprint density at radius 1 is 1.29 bits per heavy atom. The summed E-state index contributed by atoms with van der Waals surface area (Å²) in [4.78, 5) is 16.5. The van der Waals surface area contributed by atoms with E-state index < -0.39 is 10.0 Å². The van der Waals surface area contributed by atoms with Crippen LogP contribution in [0, 0.1) is 0 Å². The van der Waals surface area contributed by atoms with Crippen molar-refractivity contribution in [3.05, 3.63) is 18.7 Å². The summed E-state index contributed by atoms with van der Waals surface area (Å²) in [5.74, 6) is 1.04. The van der Waals surface area contributed by atoms with Gasteiger partial charge in [-0.3, -0.25) is 4.57 Å². The Labute approximate surface area is 121 Å². The SMILES string of the molecule is CNc1nc(NCCCS(N)(=O)=O)nc(-n2ccnc2)n1. The van der Waals surface area contributed by atoms with Crippen LogP contribution in [0.3, 0.4) is 0 Å². The van der Waals surface area contributed by atoms with Crippen LogP contribution in [0.1, 0.15) is 6.42 Å². The van der Waals surface area contributed by atoms with Gasteiger partial charge in [-0.15, -0.1) is 0 Å². The zero-order valence-electron chi connectivity index (χ0n) is 11.4. The van der Waals surface area contributed by atoms with Crippen molar-refractivity contribution in [1.82, 2.24) is 24.5 Å². The molecule has 0 spiro atoms. The largest absolute Gasteiger partial charge is 0.357 e. The molecule has 2 rings (SSSR count). The number of rotatable bonds is 7. The van der Waals surface area contributed by atoms with Gasteiger partial charge in [0.25, 0.3) is 0 Å². The average Bonchev–Trinajstić information content (AvgIpc) is 2.96. The van der Waals surface area contributed by atoms with E-state index in [1.165, 1.54) is 0 Å². The van der Waals surface area contributed by atoms with Crippen LogP contribution >= 0.6 is 0 Å². The number of imidazole rings is 1. The number of nitrogens with one attached hydrogen (secondary N) is 2. The zero-order chi connectivity index (χ0) is 15.3. The van der Waals surface area contributed by atoms with Gasteiger partial charge in [0.05, 0.1) is 5.75 Å². The molecule has 0 bridgehead atoms. The first kappa shape index (κ1) is 15.1. The maximum absolute atomic E-state index is 10.8. The van der Waals surface area contributed by atoms with Gasteiger partial charge in [-0.1, -0.05) is 0 Å². The first-order valence-corrected chi connectivity index (χ1v) is 7.86. The minimum absolute atomic E-state index is 0.0989. The predicted octanol–water partition coefficient (Wildman–Crippen LogP) is -0.810. The van der Waals surface area contributed by atoms with E-state index in [2.05, 4.69) is 30.6 Å². The second-order valence-electron chi connectivity index (χ2n) is 4.15. The molecule has 0 unspecified atom stereocenters. The number of primary sulfonamides is 1. The molecule has 0 saturated carbocycles. The molecule has 0 amide bonds. The lowest BCUT2D eigenvalue weighted by atomic mass is 10.5.